The summed E-state index contributed by atoms with van der Waals surface area (Å²) in [6.45, 7) is 0. The summed E-state index contributed by atoms with van der Waals surface area (Å²) in [4.78, 5) is 8.60. The minimum Gasteiger partial charge on any atom is -0.256 e. The summed E-state index contributed by atoms with van der Waals surface area (Å²) in [5.41, 5.74) is 1.25. The van der Waals surface area contributed by atoms with Crippen LogP contribution in [0.25, 0.3) is 33.1 Å². The van der Waals surface area contributed by atoms with E-state index in [4.69, 9.17) is 0 Å². The third-order valence-electron chi connectivity index (χ3n) is 3.92. The summed E-state index contributed by atoms with van der Waals surface area (Å²) in [6, 6.07) is 16.8. The predicted octanol–water partition coefficient (Wildman–Crippen LogP) is 5.47. The van der Waals surface area contributed by atoms with Gasteiger partial charge in [0.25, 0.3) is 0 Å². The van der Waals surface area contributed by atoms with Crippen molar-refractivity contribution in [2.75, 3.05) is 0 Å². The van der Waals surface area contributed by atoms with Gasteiger partial charge in [0.2, 0.25) is 0 Å². The van der Waals surface area contributed by atoms with Crippen molar-refractivity contribution < 1.29 is 13.2 Å². The van der Waals surface area contributed by atoms with E-state index in [9.17, 15) is 13.2 Å². The molecule has 0 bridgehead atoms. The molecule has 0 aliphatic carbocycles. The lowest BCUT2D eigenvalue weighted by Crippen LogP contribution is -2.05. The van der Waals surface area contributed by atoms with Crippen LogP contribution in [0.15, 0.2) is 66.9 Å². The Morgan fingerprint density at radius 3 is 2.46 bits per heavy atom. The van der Waals surface area contributed by atoms with E-state index in [0.717, 1.165) is 23.0 Å². The third kappa shape index (κ3) is 2.48. The largest absolute Gasteiger partial charge is 0.416 e. The summed E-state index contributed by atoms with van der Waals surface area (Å²) in [7, 11) is 0. The molecule has 0 aliphatic heterocycles. The number of para-hydroxylation sites is 1. The SMILES string of the molecule is FC(F)(F)c1cc(-c2ccc3ccccc3n2)c2cccnc2c1. The first-order chi connectivity index (χ1) is 11.5. The number of nitrogens with zero attached hydrogens (tertiary/aromatic N) is 2. The molecule has 0 spiro atoms. The molecule has 0 radical (unpaired) electrons. The predicted molar refractivity (Wildman–Crippen MR) is 87.5 cm³/mol. The number of alkyl halides is 3. The highest BCUT2D eigenvalue weighted by Crippen LogP contribution is 2.36. The molecule has 0 unspecified atom stereocenters. The average Bonchev–Trinajstić information content (AvgIpc) is 2.59. The molecule has 0 saturated heterocycles. The lowest BCUT2D eigenvalue weighted by molar-refractivity contribution is -0.137. The maximum atomic E-state index is 13.2. The average molecular weight is 324 g/mol. The molecule has 2 aromatic heterocycles. The van der Waals surface area contributed by atoms with E-state index in [2.05, 4.69) is 9.97 Å². The van der Waals surface area contributed by atoms with Gasteiger partial charge < -0.3 is 0 Å². The molecule has 4 aromatic rings. The first-order valence-electron chi connectivity index (χ1n) is 7.34. The van der Waals surface area contributed by atoms with Crippen LogP contribution < -0.4 is 0 Å². The lowest BCUT2D eigenvalue weighted by atomic mass is 10.0. The van der Waals surface area contributed by atoms with Gasteiger partial charge in [0, 0.05) is 22.5 Å². The molecule has 0 atom stereocenters. The minimum atomic E-state index is -4.43. The highest BCUT2D eigenvalue weighted by atomic mass is 19.4. The summed E-state index contributed by atoms with van der Waals surface area (Å²) in [5.74, 6) is 0. The van der Waals surface area contributed by atoms with Gasteiger partial charge in [-0.05, 0) is 30.3 Å². The zero-order valence-corrected chi connectivity index (χ0v) is 12.4. The van der Waals surface area contributed by atoms with Crippen LogP contribution in [0.1, 0.15) is 5.56 Å². The Hall–Kier alpha value is -2.95. The molecule has 4 rings (SSSR count). The van der Waals surface area contributed by atoms with Crippen molar-refractivity contribution in [3.05, 3.63) is 72.4 Å². The van der Waals surface area contributed by atoms with Crippen molar-refractivity contribution in [2.24, 2.45) is 0 Å². The van der Waals surface area contributed by atoms with E-state index in [-0.39, 0.29) is 0 Å². The summed E-state index contributed by atoms with van der Waals surface area (Å²) >= 11 is 0. The monoisotopic (exact) mass is 324 g/mol. The fraction of sp³-hybridized carbons (Fsp3) is 0.0526. The van der Waals surface area contributed by atoms with Crippen LogP contribution in [0.5, 0.6) is 0 Å². The molecule has 0 N–H and O–H groups in total. The van der Waals surface area contributed by atoms with Crippen molar-refractivity contribution in [3.8, 4) is 11.3 Å². The number of benzene rings is 2. The summed E-state index contributed by atoms with van der Waals surface area (Å²) < 4.78 is 39.6. The van der Waals surface area contributed by atoms with E-state index < -0.39 is 11.7 Å². The highest BCUT2D eigenvalue weighted by Gasteiger charge is 2.31. The van der Waals surface area contributed by atoms with Gasteiger partial charge in [-0.15, -0.1) is 0 Å². The standard InChI is InChI=1S/C19H11F3N2/c20-19(21,22)13-10-15(14-5-3-9-23-18(14)11-13)17-8-7-12-4-1-2-6-16(12)24-17/h1-11H. The van der Waals surface area contributed by atoms with Crippen LogP contribution in [0.3, 0.4) is 0 Å². The van der Waals surface area contributed by atoms with Crippen LogP contribution in [0.2, 0.25) is 0 Å². The van der Waals surface area contributed by atoms with Crippen LogP contribution >= 0.6 is 0 Å². The number of halogens is 3. The van der Waals surface area contributed by atoms with E-state index in [0.29, 0.717) is 22.2 Å². The first-order valence-corrected chi connectivity index (χ1v) is 7.34. The second-order valence-corrected chi connectivity index (χ2v) is 5.48. The number of pyridine rings is 2. The summed E-state index contributed by atoms with van der Waals surface area (Å²) in [6.07, 6.45) is -2.95. The molecule has 2 heterocycles. The molecule has 24 heavy (non-hydrogen) atoms. The normalized spacial score (nSPS) is 12.0. The Morgan fingerprint density at radius 2 is 1.62 bits per heavy atom. The number of aromatic nitrogens is 2. The fourth-order valence-corrected chi connectivity index (χ4v) is 2.77. The molecule has 0 aliphatic rings. The Balaban J connectivity index is 2.03. The minimum absolute atomic E-state index is 0.303. The molecule has 5 heteroatoms. The molecular weight excluding hydrogens is 313 g/mol. The molecule has 0 fully saturated rings. The zero-order valence-electron chi connectivity index (χ0n) is 12.4. The number of hydrogen-bond acceptors (Lipinski definition) is 2. The van der Waals surface area contributed by atoms with Crippen molar-refractivity contribution in [3.63, 3.8) is 0 Å². The smallest absolute Gasteiger partial charge is 0.256 e. The van der Waals surface area contributed by atoms with Crippen molar-refractivity contribution in [1.29, 1.82) is 0 Å². The van der Waals surface area contributed by atoms with Crippen molar-refractivity contribution in [1.82, 2.24) is 9.97 Å². The first kappa shape index (κ1) is 14.6. The molecular formula is C19H11F3N2. The molecule has 118 valence electrons. The van der Waals surface area contributed by atoms with Gasteiger partial charge in [0.05, 0.1) is 22.3 Å². The Kier molecular flexibility index (Phi) is 3.23. The van der Waals surface area contributed by atoms with E-state index in [1.165, 1.54) is 6.20 Å². The van der Waals surface area contributed by atoms with Gasteiger partial charge >= 0.3 is 6.18 Å². The van der Waals surface area contributed by atoms with Crippen LogP contribution in [-0.4, -0.2) is 9.97 Å². The van der Waals surface area contributed by atoms with Crippen LogP contribution in [0.4, 0.5) is 13.2 Å². The van der Waals surface area contributed by atoms with E-state index >= 15 is 0 Å². The van der Waals surface area contributed by atoms with Gasteiger partial charge in [-0.2, -0.15) is 13.2 Å². The molecule has 2 nitrogen and oxygen atoms in total. The van der Waals surface area contributed by atoms with Gasteiger partial charge in [-0.25, -0.2) is 4.98 Å². The number of hydrogen-bond donors (Lipinski definition) is 0. The summed E-state index contributed by atoms with van der Waals surface area (Å²) in [5, 5.41) is 1.59. The lowest BCUT2D eigenvalue weighted by Gasteiger charge is -2.12. The Labute approximate surface area is 135 Å². The van der Waals surface area contributed by atoms with E-state index in [1.807, 2.05) is 30.3 Å². The number of fused-ring (bicyclic) bond motifs is 2. The molecule has 2 aromatic carbocycles. The van der Waals surface area contributed by atoms with Crippen LogP contribution in [-0.2, 0) is 6.18 Å². The second-order valence-electron chi connectivity index (χ2n) is 5.48. The molecule has 0 amide bonds. The third-order valence-corrected chi connectivity index (χ3v) is 3.92. The van der Waals surface area contributed by atoms with Gasteiger partial charge in [-0.1, -0.05) is 30.3 Å². The maximum absolute atomic E-state index is 13.2. The zero-order chi connectivity index (χ0) is 16.7. The topological polar surface area (TPSA) is 25.8 Å². The highest BCUT2D eigenvalue weighted by molar-refractivity contribution is 5.95. The second kappa shape index (κ2) is 5.30. The maximum Gasteiger partial charge on any atom is 0.416 e. The van der Waals surface area contributed by atoms with Gasteiger partial charge in [0.15, 0.2) is 0 Å². The van der Waals surface area contributed by atoms with Gasteiger partial charge in [-0.3, -0.25) is 4.98 Å². The van der Waals surface area contributed by atoms with E-state index in [1.54, 1.807) is 18.2 Å². The van der Waals surface area contributed by atoms with Crippen molar-refractivity contribution >= 4 is 21.8 Å². The molecule has 0 saturated carbocycles. The fourth-order valence-electron chi connectivity index (χ4n) is 2.77. The van der Waals surface area contributed by atoms with Crippen LogP contribution in [0, 0.1) is 0 Å². The van der Waals surface area contributed by atoms with Crippen molar-refractivity contribution in [2.45, 2.75) is 6.18 Å². The number of rotatable bonds is 1. The quantitative estimate of drug-likeness (QED) is 0.464. The Morgan fingerprint density at radius 1 is 0.792 bits per heavy atom. The Bertz CT molecular complexity index is 1060. The van der Waals surface area contributed by atoms with Gasteiger partial charge in [0.1, 0.15) is 0 Å².